The fourth-order valence-corrected chi connectivity index (χ4v) is 5.24. The van der Waals surface area contributed by atoms with E-state index in [4.69, 9.17) is 0 Å². The molecule has 1 aliphatic rings. The van der Waals surface area contributed by atoms with E-state index in [1.54, 1.807) is 10.8 Å². The minimum atomic E-state index is -1.14. The van der Waals surface area contributed by atoms with Gasteiger partial charge < -0.3 is 15.2 Å². The van der Waals surface area contributed by atoms with Crippen molar-refractivity contribution in [2.24, 2.45) is 0 Å². The molecule has 0 spiro atoms. The zero-order chi connectivity index (χ0) is 31.2. The first-order chi connectivity index (χ1) is 20.5. The van der Waals surface area contributed by atoms with E-state index in [9.17, 15) is 19.9 Å². The molecule has 0 saturated carbocycles. The van der Waals surface area contributed by atoms with Crippen LogP contribution in [0.1, 0.15) is 50.9 Å². The Bertz CT molecular complexity index is 1840. The van der Waals surface area contributed by atoms with E-state index < -0.39 is 34.3 Å². The van der Waals surface area contributed by atoms with Crippen molar-refractivity contribution in [1.29, 1.82) is 0 Å². The highest BCUT2D eigenvalue weighted by Crippen LogP contribution is 2.35. The lowest BCUT2D eigenvalue weighted by Gasteiger charge is -2.23. The van der Waals surface area contributed by atoms with Gasteiger partial charge in [-0.3, -0.25) is 4.79 Å². The molecule has 1 amide bonds. The summed E-state index contributed by atoms with van der Waals surface area (Å²) < 4.78 is 33.6. The van der Waals surface area contributed by atoms with Crippen LogP contribution in [0.15, 0.2) is 48.0 Å². The molecular weight excluding hydrogens is 560 g/mol. The Morgan fingerprint density at radius 2 is 1.81 bits per heavy atom. The van der Waals surface area contributed by atoms with Crippen LogP contribution < -0.4 is 10.4 Å². The summed E-state index contributed by atoms with van der Waals surface area (Å²) >= 11 is 0. The van der Waals surface area contributed by atoms with E-state index in [1.165, 1.54) is 23.4 Å². The van der Waals surface area contributed by atoms with Gasteiger partial charge >= 0.3 is 17.2 Å². The summed E-state index contributed by atoms with van der Waals surface area (Å²) in [5.41, 5.74) is -1.60. The predicted octanol–water partition coefficient (Wildman–Crippen LogP) is 3.45. The van der Waals surface area contributed by atoms with Crippen molar-refractivity contribution in [3.63, 3.8) is 0 Å². The first-order valence-electron chi connectivity index (χ1n) is 13.7. The van der Waals surface area contributed by atoms with Crippen LogP contribution >= 0.6 is 0 Å². The average Bonchev–Trinajstić information content (AvgIpc) is 2.97. The Labute approximate surface area is 245 Å². The zero-order valence-electron chi connectivity index (χ0n) is 24.1. The average molecular weight is 591 g/mol. The van der Waals surface area contributed by atoms with Crippen LogP contribution in [0.4, 0.5) is 14.6 Å². The molecule has 1 aliphatic heterocycles. The van der Waals surface area contributed by atoms with Gasteiger partial charge in [-0.2, -0.15) is 4.79 Å². The number of pyridine rings is 1. The number of benzene rings is 1. The SMILES string of the molecule is C=CC(=O)N1CC=[N+](c2nc(=O)n(-c3c(C(C)C)ncnc3C(C)C)c3c2cc(F)c(-c2c(O)cccc2F)[n+]3[O-])CC1. The predicted molar refractivity (Wildman–Crippen MR) is 155 cm³/mol. The van der Waals surface area contributed by atoms with Crippen LogP contribution in [0.5, 0.6) is 5.75 Å². The fourth-order valence-electron chi connectivity index (χ4n) is 5.24. The molecule has 4 aromatic rings. The van der Waals surface area contributed by atoms with Crippen molar-refractivity contribution in [2.75, 3.05) is 19.6 Å². The number of aromatic nitrogens is 5. The standard InChI is InChI=1S/C30H29F2N7O4/c1-6-22(41)36-10-12-37(13-11-36)28-18-14-20(32)26(23-19(31)8-7-9-21(23)40)39(43)29(18)38(30(42)35-28)27-24(16(2)3)33-15-34-25(27)17(4)5/h6-9,12,14-17H,1,10-11,13H2,2-5H3/p+1. The summed E-state index contributed by atoms with van der Waals surface area (Å²) in [4.78, 5) is 40.7. The molecular formula is C30H30F2N7O4+. The second-order valence-corrected chi connectivity index (χ2v) is 10.7. The summed E-state index contributed by atoms with van der Waals surface area (Å²) in [6.07, 6.45) is 4.16. The van der Waals surface area contributed by atoms with Crippen molar-refractivity contribution in [3.8, 4) is 22.7 Å². The lowest BCUT2D eigenvalue weighted by atomic mass is 10.0. The van der Waals surface area contributed by atoms with Crippen LogP contribution in [0.2, 0.25) is 0 Å². The molecule has 3 aromatic heterocycles. The number of amides is 1. The smallest absolute Gasteiger partial charge is 0.552 e. The summed E-state index contributed by atoms with van der Waals surface area (Å²) in [6.45, 7) is 11.5. The number of phenolic OH excluding ortho intramolecular Hbond substituents is 1. The Balaban J connectivity index is 1.94. The van der Waals surface area contributed by atoms with Gasteiger partial charge in [0, 0.05) is 11.1 Å². The molecule has 0 atom stereocenters. The number of carbonyl (C=O) groups excluding carboxylic acids is 1. The number of rotatable bonds is 6. The fraction of sp³-hybridized carbons (Fsp3) is 0.300. The third-order valence-corrected chi connectivity index (χ3v) is 7.30. The van der Waals surface area contributed by atoms with Crippen LogP contribution in [-0.2, 0) is 4.79 Å². The molecule has 0 fully saturated rings. The van der Waals surface area contributed by atoms with E-state index in [2.05, 4.69) is 21.5 Å². The number of carbonyl (C=O) groups is 1. The van der Waals surface area contributed by atoms with Gasteiger partial charge in [-0.05, 0) is 30.0 Å². The molecule has 5 rings (SSSR count). The maximum absolute atomic E-state index is 15.9. The first kappa shape index (κ1) is 29.4. The van der Waals surface area contributed by atoms with Gasteiger partial charge in [-0.1, -0.05) is 40.3 Å². The van der Waals surface area contributed by atoms with E-state index in [0.29, 0.717) is 11.4 Å². The molecule has 0 unspecified atom stereocenters. The summed E-state index contributed by atoms with van der Waals surface area (Å²) in [5.74, 6) is -3.59. The highest BCUT2D eigenvalue weighted by Gasteiger charge is 2.37. The molecule has 0 saturated heterocycles. The van der Waals surface area contributed by atoms with Crippen LogP contribution in [0, 0.1) is 16.8 Å². The number of fused-ring (bicyclic) bond motifs is 1. The number of aromatic hydroxyl groups is 1. The van der Waals surface area contributed by atoms with Gasteiger partial charge in [0.15, 0.2) is 22.6 Å². The zero-order valence-corrected chi connectivity index (χ0v) is 24.1. The normalized spacial score (nSPS) is 13.6. The lowest BCUT2D eigenvalue weighted by molar-refractivity contribution is -0.570. The Morgan fingerprint density at radius 3 is 2.37 bits per heavy atom. The molecule has 0 radical (unpaired) electrons. The molecule has 43 heavy (non-hydrogen) atoms. The minimum absolute atomic E-state index is 0.0243. The maximum atomic E-state index is 15.9. The third kappa shape index (κ3) is 5.00. The van der Waals surface area contributed by atoms with E-state index in [0.717, 1.165) is 22.8 Å². The molecule has 4 heterocycles. The molecule has 222 valence electrons. The minimum Gasteiger partial charge on any atom is -0.710 e. The summed E-state index contributed by atoms with van der Waals surface area (Å²) in [6, 6.07) is 4.33. The first-order valence-corrected chi connectivity index (χ1v) is 13.7. The molecule has 13 heteroatoms. The number of hydrogen-bond acceptors (Lipinski definition) is 7. The number of hydrogen-bond donors (Lipinski definition) is 1. The largest absolute Gasteiger partial charge is 0.710 e. The van der Waals surface area contributed by atoms with E-state index in [1.807, 2.05) is 27.7 Å². The van der Waals surface area contributed by atoms with Crippen LogP contribution in [0.3, 0.4) is 0 Å². The van der Waals surface area contributed by atoms with Crippen LogP contribution in [-0.4, -0.2) is 65.9 Å². The molecule has 0 aliphatic carbocycles. The van der Waals surface area contributed by atoms with Gasteiger partial charge in [0.05, 0.1) is 30.7 Å². The van der Waals surface area contributed by atoms with E-state index >= 15 is 8.78 Å². The number of halogens is 2. The number of phenols is 1. The monoisotopic (exact) mass is 590 g/mol. The third-order valence-electron chi connectivity index (χ3n) is 7.30. The van der Waals surface area contributed by atoms with Crippen molar-refractivity contribution >= 4 is 29.0 Å². The molecule has 0 bridgehead atoms. The molecule has 1 aromatic carbocycles. The van der Waals surface area contributed by atoms with Gasteiger partial charge in [-0.25, -0.2) is 28.1 Å². The topological polar surface area (TPSA) is 131 Å². The van der Waals surface area contributed by atoms with Crippen molar-refractivity contribution in [3.05, 3.63) is 82.0 Å². The van der Waals surface area contributed by atoms with Gasteiger partial charge in [0.1, 0.15) is 30.0 Å². The second kappa shape index (κ2) is 11.3. The van der Waals surface area contributed by atoms with Gasteiger partial charge in [0.25, 0.3) is 0 Å². The Morgan fingerprint density at radius 1 is 1.14 bits per heavy atom. The quantitative estimate of drug-likeness (QED) is 0.207. The van der Waals surface area contributed by atoms with Gasteiger partial charge in [0.2, 0.25) is 5.91 Å². The van der Waals surface area contributed by atoms with E-state index in [-0.39, 0.29) is 64.6 Å². The van der Waals surface area contributed by atoms with Crippen molar-refractivity contribution < 1.29 is 28.0 Å². The number of nitrogens with zero attached hydrogens (tertiary/aromatic N) is 7. The molecule has 11 nitrogen and oxygen atoms in total. The highest BCUT2D eigenvalue weighted by atomic mass is 19.1. The lowest BCUT2D eigenvalue weighted by Crippen LogP contribution is -2.43. The van der Waals surface area contributed by atoms with Crippen molar-refractivity contribution in [1.82, 2.24) is 24.4 Å². The molecule has 1 N–H and O–H groups in total. The Hall–Kier alpha value is -5.07. The summed E-state index contributed by atoms with van der Waals surface area (Å²) in [7, 11) is 0. The second-order valence-electron chi connectivity index (χ2n) is 10.7. The van der Waals surface area contributed by atoms with Crippen molar-refractivity contribution in [2.45, 2.75) is 39.5 Å². The summed E-state index contributed by atoms with van der Waals surface area (Å²) in [5, 5.41) is 24.7. The van der Waals surface area contributed by atoms with Crippen LogP contribution in [0.25, 0.3) is 28.0 Å². The highest BCUT2D eigenvalue weighted by molar-refractivity contribution is 5.89. The Kier molecular flexibility index (Phi) is 7.74. The van der Waals surface area contributed by atoms with Gasteiger partial charge in [-0.15, -0.1) is 4.57 Å². The maximum Gasteiger partial charge on any atom is 0.552 e.